The van der Waals surface area contributed by atoms with Crippen LogP contribution in [-0.4, -0.2) is 18.6 Å². The van der Waals surface area contributed by atoms with E-state index in [2.05, 4.69) is 31.0 Å². The maximum Gasteiger partial charge on any atom is 0.234 e. The Labute approximate surface area is 131 Å². The van der Waals surface area contributed by atoms with Crippen molar-refractivity contribution in [3.05, 3.63) is 41.1 Å². The molecule has 120 valence electrons. The summed E-state index contributed by atoms with van der Waals surface area (Å²) in [5, 5.41) is 6.68. The van der Waals surface area contributed by atoms with Crippen molar-refractivity contribution in [1.82, 2.24) is 10.2 Å². The summed E-state index contributed by atoms with van der Waals surface area (Å²) in [5.41, 5.74) is 1.57. The van der Waals surface area contributed by atoms with Gasteiger partial charge in [-0.25, -0.2) is 8.42 Å². The van der Waals surface area contributed by atoms with E-state index in [1.54, 1.807) is 26.8 Å². The van der Waals surface area contributed by atoms with E-state index in [4.69, 9.17) is 4.42 Å². The first-order valence-electron chi connectivity index (χ1n) is 7.18. The first-order chi connectivity index (χ1) is 10.0. The van der Waals surface area contributed by atoms with Crippen molar-refractivity contribution in [1.29, 1.82) is 0 Å². The number of aromatic nitrogens is 2. The van der Waals surface area contributed by atoms with E-state index >= 15 is 0 Å². The van der Waals surface area contributed by atoms with Gasteiger partial charge in [0.2, 0.25) is 11.8 Å². The van der Waals surface area contributed by atoms with Gasteiger partial charge in [-0.1, -0.05) is 32.9 Å². The number of hydrogen-bond donors (Lipinski definition) is 0. The Balaban J connectivity index is 2.54. The third-order valence-electron chi connectivity index (χ3n) is 3.72. The predicted molar refractivity (Wildman–Crippen MR) is 84.5 cm³/mol. The van der Waals surface area contributed by atoms with E-state index in [-0.39, 0.29) is 11.3 Å². The van der Waals surface area contributed by atoms with Crippen molar-refractivity contribution in [2.75, 3.05) is 0 Å². The summed E-state index contributed by atoms with van der Waals surface area (Å²) in [6.45, 7) is 11.2. The van der Waals surface area contributed by atoms with Crippen LogP contribution in [0.5, 0.6) is 0 Å². The van der Waals surface area contributed by atoms with Gasteiger partial charge in [0.25, 0.3) is 0 Å². The third-order valence-corrected chi connectivity index (χ3v) is 5.90. The van der Waals surface area contributed by atoms with Gasteiger partial charge in [-0.2, -0.15) is 0 Å². The van der Waals surface area contributed by atoms with Crippen LogP contribution < -0.4 is 0 Å². The molecule has 2 aromatic rings. The number of rotatable bonds is 3. The van der Waals surface area contributed by atoms with Crippen molar-refractivity contribution in [3.63, 3.8) is 0 Å². The molecule has 0 N–H and O–H groups in total. The number of nitrogens with zero attached hydrogens (tertiary/aromatic N) is 2. The molecule has 0 aliphatic heterocycles. The van der Waals surface area contributed by atoms with Crippen molar-refractivity contribution in [2.45, 2.75) is 57.1 Å². The molecule has 22 heavy (non-hydrogen) atoms. The number of hydrogen-bond acceptors (Lipinski definition) is 5. The van der Waals surface area contributed by atoms with Gasteiger partial charge in [0.15, 0.2) is 9.84 Å². The van der Waals surface area contributed by atoms with Crippen LogP contribution in [0.15, 0.2) is 27.5 Å². The Morgan fingerprint density at radius 1 is 1.14 bits per heavy atom. The molecule has 0 amide bonds. The smallest absolute Gasteiger partial charge is 0.234 e. The minimum Gasteiger partial charge on any atom is -0.424 e. The Morgan fingerprint density at radius 3 is 2.27 bits per heavy atom. The molecule has 1 heterocycles. The molecule has 1 aromatic carbocycles. The zero-order chi connectivity index (χ0) is 16.7. The molecule has 0 aliphatic carbocycles. The van der Waals surface area contributed by atoms with Crippen LogP contribution in [0, 0.1) is 13.8 Å². The van der Waals surface area contributed by atoms with Crippen molar-refractivity contribution in [2.24, 2.45) is 0 Å². The van der Waals surface area contributed by atoms with Gasteiger partial charge in [0, 0.05) is 6.92 Å². The zero-order valence-corrected chi connectivity index (χ0v) is 14.7. The number of benzene rings is 1. The van der Waals surface area contributed by atoms with Gasteiger partial charge in [0.05, 0.1) is 4.90 Å². The van der Waals surface area contributed by atoms with Gasteiger partial charge in [0.1, 0.15) is 5.25 Å². The summed E-state index contributed by atoms with van der Waals surface area (Å²) in [7, 11) is -3.59. The van der Waals surface area contributed by atoms with Crippen molar-refractivity contribution in [3.8, 4) is 0 Å². The van der Waals surface area contributed by atoms with E-state index in [9.17, 15) is 8.42 Å². The zero-order valence-electron chi connectivity index (χ0n) is 13.8. The molecule has 5 nitrogen and oxygen atoms in total. The van der Waals surface area contributed by atoms with E-state index < -0.39 is 15.1 Å². The molecular weight excluding hydrogens is 300 g/mol. The molecule has 1 atom stereocenters. The minimum atomic E-state index is -3.59. The highest BCUT2D eigenvalue weighted by atomic mass is 32.2. The second-order valence-electron chi connectivity index (χ2n) is 6.58. The van der Waals surface area contributed by atoms with Crippen LogP contribution in [0.25, 0.3) is 0 Å². The second kappa shape index (κ2) is 5.50. The Bertz CT molecular complexity index is 786. The van der Waals surface area contributed by atoms with Gasteiger partial charge >= 0.3 is 0 Å². The molecule has 0 saturated heterocycles. The fraction of sp³-hybridized carbons (Fsp3) is 0.500. The highest BCUT2D eigenvalue weighted by Gasteiger charge is 2.31. The summed E-state index contributed by atoms with van der Waals surface area (Å²) < 4.78 is 31.1. The lowest BCUT2D eigenvalue weighted by atomic mass is 9.87. The van der Waals surface area contributed by atoms with Gasteiger partial charge in [-0.15, -0.1) is 10.2 Å². The summed E-state index contributed by atoms with van der Waals surface area (Å²) in [6.07, 6.45) is 0. The first kappa shape index (κ1) is 16.7. The molecule has 1 aromatic heterocycles. The van der Waals surface area contributed by atoms with Crippen LogP contribution in [0.3, 0.4) is 0 Å². The third kappa shape index (κ3) is 3.06. The maximum atomic E-state index is 12.9. The Morgan fingerprint density at radius 2 is 1.77 bits per heavy atom. The highest BCUT2D eigenvalue weighted by Crippen LogP contribution is 2.33. The van der Waals surface area contributed by atoms with Crippen LogP contribution in [0.1, 0.15) is 55.9 Å². The fourth-order valence-electron chi connectivity index (χ4n) is 2.17. The van der Waals surface area contributed by atoms with Gasteiger partial charge < -0.3 is 4.42 Å². The normalized spacial score (nSPS) is 14.1. The van der Waals surface area contributed by atoms with Gasteiger partial charge in [-0.05, 0) is 36.5 Å². The minimum absolute atomic E-state index is 0.123. The average Bonchev–Trinajstić information content (AvgIpc) is 2.83. The lowest BCUT2D eigenvalue weighted by molar-refractivity contribution is 0.461. The molecule has 6 heteroatoms. The molecule has 0 saturated carbocycles. The van der Waals surface area contributed by atoms with Crippen LogP contribution >= 0.6 is 0 Å². The molecule has 0 radical (unpaired) electrons. The molecule has 0 unspecified atom stereocenters. The summed E-state index contributed by atoms with van der Waals surface area (Å²) in [6, 6.07) is 5.57. The van der Waals surface area contributed by atoms with Crippen molar-refractivity contribution >= 4 is 9.84 Å². The maximum absolute atomic E-state index is 12.9. The average molecular weight is 322 g/mol. The fourth-order valence-corrected chi connectivity index (χ4v) is 3.72. The molecule has 0 aliphatic rings. The molecule has 2 rings (SSSR count). The van der Waals surface area contributed by atoms with E-state index in [0.717, 1.165) is 11.1 Å². The quantitative estimate of drug-likeness (QED) is 0.864. The first-order valence-corrected chi connectivity index (χ1v) is 8.73. The molecule has 0 spiro atoms. The Hall–Kier alpha value is -1.69. The summed E-state index contributed by atoms with van der Waals surface area (Å²) in [4.78, 5) is 0.322. The van der Waals surface area contributed by atoms with E-state index in [0.29, 0.717) is 10.8 Å². The second-order valence-corrected chi connectivity index (χ2v) is 8.81. The Kier molecular flexibility index (Phi) is 4.17. The predicted octanol–water partition coefficient (Wildman–Crippen LogP) is 3.52. The van der Waals surface area contributed by atoms with Crippen LogP contribution in [-0.2, 0) is 15.3 Å². The standard InChI is InChI=1S/C16H22N2O3S/c1-10-7-8-13(16(4,5)6)9-14(10)22(19,20)11(2)15-18-17-12(3)21-15/h7-9,11H,1-6H3/t11-/m1/s1. The lowest BCUT2D eigenvalue weighted by Gasteiger charge is -2.21. The highest BCUT2D eigenvalue weighted by molar-refractivity contribution is 7.91. The SMILES string of the molecule is Cc1nnc([C@@H](C)S(=O)(=O)c2cc(C(C)(C)C)ccc2C)o1. The number of sulfone groups is 1. The molecule has 0 fully saturated rings. The lowest BCUT2D eigenvalue weighted by Crippen LogP contribution is -2.16. The number of aryl methyl sites for hydroxylation is 2. The van der Waals surface area contributed by atoms with Crippen molar-refractivity contribution < 1.29 is 12.8 Å². The van der Waals surface area contributed by atoms with Crippen LogP contribution in [0.2, 0.25) is 0 Å². The summed E-state index contributed by atoms with van der Waals surface area (Å²) in [5.74, 6) is 0.482. The molecular formula is C16H22N2O3S. The van der Waals surface area contributed by atoms with E-state index in [1.807, 2.05) is 12.1 Å². The van der Waals surface area contributed by atoms with Gasteiger partial charge in [-0.3, -0.25) is 0 Å². The van der Waals surface area contributed by atoms with Crippen LogP contribution in [0.4, 0.5) is 0 Å². The van der Waals surface area contributed by atoms with E-state index in [1.165, 1.54) is 0 Å². The molecule has 0 bridgehead atoms. The summed E-state index contributed by atoms with van der Waals surface area (Å²) >= 11 is 0. The monoisotopic (exact) mass is 322 g/mol. The largest absolute Gasteiger partial charge is 0.424 e. The topological polar surface area (TPSA) is 73.1 Å².